The number of piperazine rings is 1. The molecule has 0 unspecified atom stereocenters. The molecule has 1 saturated heterocycles. The van der Waals surface area contributed by atoms with Gasteiger partial charge in [-0.15, -0.1) is 11.3 Å². The van der Waals surface area contributed by atoms with E-state index in [-0.39, 0.29) is 12.5 Å². The van der Waals surface area contributed by atoms with Gasteiger partial charge in [-0.05, 0) is 28.4 Å². The predicted octanol–water partition coefficient (Wildman–Crippen LogP) is 3.80. The van der Waals surface area contributed by atoms with E-state index in [1.165, 1.54) is 11.3 Å². The van der Waals surface area contributed by atoms with E-state index in [1.807, 2.05) is 11.4 Å². The summed E-state index contributed by atoms with van der Waals surface area (Å²) in [7, 11) is 0. The molecular weight excluding hydrogens is 341 g/mol. The number of rotatable bonds is 4. The summed E-state index contributed by atoms with van der Waals surface area (Å²) in [5, 5.41) is 5.16. The van der Waals surface area contributed by atoms with E-state index in [9.17, 15) is 13.2 Å². The van der Waals surface area contributed by atoms with Crippen LogP contribution in [0.4, 0.5) is 13.2 Å². The zero-order valence-corrected chi connectivity index (χ0v) is 12.7. The maximum absolute atomic E-state index is 12.5. The summed E-state index contributed by atoms with van der Waals surface area (Å²) in [4.78, 5) is 3.17. The summed E-state index contributed by atoms with van der Waals surface area (Å²) in [6.07, 6.45) is -4.67. The number of hydrogen-bond acceptors (Lipinski definition) is 3. The van der Waals surface area contributed by atoms with Crippen molar-refractivity contribution < 1.29 is 13.2 Å². The molecule has 0 spiro atoms. The molecule has 0 aliphatic carbocycles. The normalized spacial score (nSPS) is 19.6. The molecule has 1 aromatic rings. The molecule has 1 atom stereocenters. The summed E-state index contributed by atoms with van der Waals surface area (Å²) in [6, 6.07) is 1.81. The second kappa shape index (κ2) is 6.56. The first-order valence-electron chi connectivity index (χ1n) is 6.21. The molecule has 1 N–H and O–H groups in total. The molecule has 0 amide bonds. The van der Waals surface area contributed by atoms with E-state index in [0.717, 1.165) is 35.5 Å². The lowest BCUT2D eigenvalue weighted by Crippen LogP contribution is -2.45. The molecular formula is C12H16BrF3N2S. The van der Waals surface area contributed by atoms with Crippen LogP contribution in [0, 0.1) is 0 Å². The maximum atomic E-state index is 12.5. The highest BCUT2D eigenvalue weighted by molar-refractivity contribution is 9.10. The lowest BCUT2D eigenvalue weighted by Gasteiger charge is -2.34. The molecule has 1 fully saturated rings. The fraction of sp³-hybridized carbons (Fsp3) is 0.667. The molecule has 2 heterocycles. The summed E-state index contributed by atoms with van der Waals surface area (Å²) >= 11 is 4.90. The fourth-order valence-corrected chi connectivity index (χ4v) is 3.92. The molecule has 1 aliphatic rings. The Bertz CT molecular complexity index is 402. The lowest BCUT2D eigenvalue weighted by molar-refractivity contribution is -0.138. The first kappa shape index (κ1) is 15.3. The Labute approximate surface area is 123 Å². The van der Waals surface area contributed by atoms with E-state index in [4.69, 9.17) is 0 Å². The summed E-state index contributed by atoms with van der Waals surface area (Å²) in [5.74, 6) is 0. The van der Waals surface area contributed by atoms with Gasteiger partial charge in [-0.3, -0.25) is 4.90 Å². The molecule has 0 saturated carbocycles. The van der Waals surface area contributed by atoms with Crippen LogP contribution in [0.15, 0.2) is 15.9 Å². The Morgan fingerprint density at radius 3 is 2.58 bits per heavy atom. The number of hydrogen-bond donors (Lipinski definition) is 1. The minimum Gasteiger partial charge on any atom is -0.314 e. The van der Waals surface area contributed by atoms with Crippen molar-refractivity contribution in [1.29, 1.82) is 0 Å². The monoisotopic (exact) mass is 356 g/mol. The Hall–Kier alpha value is -0.110. The third-order valence-electron chi connectivity index (χ3n) is 3.21. The van der Waals surface area contributed by atoms with Crippen LogP contribution in [-0.4, -0.2) is 37.3 Å². The highest BCUT2D eigenvalue weighted by Gasteiger charge is 2.31. The van der Waals surface area contributed by atoms with Crippen molar-refractivity contribution in [3.63, 3.8) is 0 Å². The minimum atomic E-state index is -4.08. The van der Waals surface area contributed by atoms with E-state index in [0.29, 0.717) is 0 Å². The van der Waals surface area contributed by atoms with Crippen LogP contribution in [0.1, 0.15) is 23.8 Å². The van der Waals surface area contributed by atoms with Gasteiger partial charge in [0, 0.05) is 53.4 Å². The first-order valence-corrected chi connectivity index (χ1v) is 7.88. The predicted molar refractivity (Wildman–Crippen MR) is 74.5 cm³/mol. The molecule has 0 bridgehead atoms. The molecule has 7 heteroatoms. The van der Waals surface area contributed by atoms with Crippen LogP contribution in [0.5, 0.6) is 0 Å². The molecule has 1 aromatic heterocycles. The van der Waals surface area contributed by atoms with Crippen molar-refractivity contribution in [2.75, 3.05) is 26.2 Å². The quantitative estimate of drug-likeness (QED) is 0.882. The largest absolute Gasteiger partial charge is 0.389 e. The highest BCUT2D eigenvalue weighted by atomic mass is 79.9. The molecule has 0 radical (unpaired) electrons. The van der Waals surface area contributed by atoms with Gasteiger partial charge in [0.2, 0.25) is 0 Å². The molecule has 1 aliphatic heterocycles. The number of nitrogens with zero attached hydrogens (tertiary/aromatic N) is 1. The van der Waals surface area contributed by atoms with Gasteiger partial charge < -0.3 is 5.32 Å². The maximum Gasteiger partial charge on any atom is 0.389 e. The Balaban J connectivity index is 2.08. The topological polar surface area (TPSA) is 15.3 Å². The molecule has 2 rings (SSSR count). The van der Waals surface area contributed by atoms with Crippen molar-refractivity contribution in [3.8, 4) is 0 Å². The second-order valence-electron chi connectivity index (χ2n) is 4.62. The van der Waals surface area contributed by atoms with Gasteiger partial charge in [0.1, 0.15) is 0 Å². The highest BCUT2D eigenvalue weighted by Crippen LogP contribution is 2.35. The van der Waals surface area contributed by atoms with Crippen molar-refractivity contribution in [3.05, 3.63) is 20.8 Å². The van der Waals surface area contributed by atoms with Crippen LogP contribution in [-0.2, 0) is 0 Å². The number of nitrogens with one attached hydrogen (secondary N) is 1. The Morgan fingerprint density at radius 1 is 1.37 bits per heavy atom. The number of thiophene rings is 1. The summed E-state index contributed by atoms with van der Waals surface area (Å²) in [6.45, 7) is 3.29. The van der Waals surface area contributed by atoms with Crippen LogP contribution in [0.2, 0.25) is 0 Å². The van der Waals surface area contributed by atoms with E-state index < -0.39 is 12.6 Å². The molecule has 108 valence electrons. The van der Waals surface area contributed by atoms with Crippen LogP contribution >= 0.6 is 27.3 Å². The SMILES string of the molecule is FC(F)(F)CC[C@H](c1cc(Br)cs1)N1CCNCC1. The van der Waals surface area contributed by atoms with Crippen molar-refractivity contribution in [1.82, 2.24) is 10.2 Å². The number of alkyl halides is 3. The van der Waals surface area contributed by atoms with Crippen LogP contribution < -0.4 is 5.32 Å². The second-order valence-corrected chi connectivity index (χ2v) is 6.48. The third kappa shape index (κ3) is 4.73. The average molecular weight is 357 g/mol. The summed E-state index contributed by atoms with van der Waals surface area (Å²) in [5.41, 5.74) is 0. The first-order chi connectivity index (χ1) is 8.96. The molecule has 2 nitrogen and oxygen atoms in total. The van der Waals surface area contributed by atoms with Gasteiger partial charge in [-0.2, -0.15) is 13.2 Å². The Kier molecular flexibility index (Phi) is 5.28. The zero-order valence-electron chi connectivity index (χ0n) is 10.3. The van der Waals surface area contributed by atoms with Gasteiger partial charge in [0.15, 0.2) is 0 Å². The summed E-state index contributed by atoms with van der Waals surface area (Å²) < 4.78 is 38.3. The van der Waals surface area contributed by atoms with Gasteiger partial charge in [-0.1, -0.05) is 0 Å². The van der Waals surface area contributed by atoms with Gasteiger partial charge in [0.25, 0.3) is 0 Å². The van der Waals surface area contributed by atoms with E-state index >= 15 is 0 Å². The smallest absolute Gasteiger partial charge is 0.314 e. The average Bonchev–Trinajstić information content (AvgIpc) is 2.76. The van der Waals surface area contributed by atoms with Gasteiger partial charge in [-0.25, -0.2) is 0 Å². The van der Waals surface area contributed by atoms with Crippen LogP contribution in [0.25, 0.3) is 0 Å². The fourth-order valence-electron chi connectivity index (χ4n) is 2.30. The van der Waals surface area contributed by atoms with Gasteiger partial charge in [0.05, 0.1) is 0 Å². The van der Waals surface area contributed by atoms with Crippen molar-refractivity contribution in [2.24, 2.45) is 0 Å². The Morgan fingerprint density at radius 2 is 2.05 bits per heavy atom. The minimum absolute atomic E-state index is 0.125. The van der Waals surface area contributed by atoms with Crippen molar-refractivity contribution >= 4 is 27.3 Å². The molecule has 0 aromatic carbocycles. The number of halogens is 4. The van der Waals surface area contributed by atoms with Crippen LogP contribution in [0.3, 0.4) is 0 Å². The van der Waals surface area contributed by atoms with Crippen molar-refractivity contribution in [2.45, 2.75) is 25.1 Å². The molecule has 19 heavy (non-hydrogen) atoms. The van der Waals surface area contributed by atoms with E-state index in [1.54, 1.807) is 0 Å². The van der Waals surface area contributed by atoms with Gasteiger partial charge >= 0.3 is 6.18 Å². The lowest BCUT2D eigenvalue weighted by atomic mass is 10.1. The van der Waals surface area contributed by atoms with E-state index in [2.05, 4.69) is 26.1 Å². The third-order valence-corrected chi connectivity index (χ3v) is 5.00. The zero-order chi connectivity index (χ0) is 13.9. The standard InChI is InChI=1S/C12H16BrF3N2S/c13-9-7-11(19-8-9)10(1-2-12(14,15)16)18-5-3-17-4-6-18/h7-8,10,17H,1-6H2/t10-/m1/s1.